The van der Waals surface area contributed by atoms with Gasteiger partial charge in [0.25, 0.3) is 0 Å². The lowest BCUT2D eigenvalue weighted by atomic mass is 9.88. The molecule has 0 radical (unpaired) electrons. The average Bonchev–Trinajstić information content (AvgIpc) is 2.78. The van der Waals surface area contributed by atoms with Gasteiger partial charge in [0, 0.05) is 18.2 Å². The van der Waals surface area contributed by atoms with Gasteiger partial charge in [0.05, 0.1) is 5.69 Å². The smallest absolute Gasteiger partial charge is 0.163 e. The molecule has 3 rings (SSSR count). The molecule has 1 aromatic rings. The Morgan fingerprint density at radius 1 is 1.24 bits per heavy atom. The molecule has 17 heavy (non-hydrogen) atoms. The molecule has 0 fully saturated rings. The highest BCUT2D eigenvalue weighted by Gasteiger charge is 2.29. The van der Waals surface area contributed by atoms with Gasteiger partial charge in [-0.2, -0.15) is 0 Å². The van der Waals surface area contributed by atoms with E-state index in [0.717, 1.165) is 36.1 Å². The fourth-order valence-electron chi connectivity index (χ4n) is 2.84. The Bertz CT molecular complexity index is 526. The van der Waals surface area contributed by atoms with Crippen molar-refractivity contribution in [2.75, 3.05) is 0 Å². The lowest BCUT2D eigenvalue weighted by molar-refractivity contribution is -0.115. The molecule has 0 atom stereocenters. The number of hydrogen-bond acceptors (Lipinski definition) is 2. The molecule has 2 aliphatic carbocycles. The van der Waals surface area contributed by atoms with E-state index >= 15 is 0 Å². The number of carbonyl (C=O) groups is 1. The van der Waals surface area contributed by atoms with E-state index in [2.05, 4.69) is 24.9 Å². The predicted octanol–water partition coefficient (Wildman–Crippen LogP) is 3.27. The molecule has 0 amide bonds. The molecule has 2 heteroatoms. The second kappa shape index (κ2) is 3.80. The number of pyridine rings is 1. The van der Waals surface area contributed by atoms with Crippen molar-refractivity contribution in [3.63, 3.8) is 0 Å². The normalized spacial score (nSPS) is 18.6. The number of allylic oxidation sites excluding steroid dienone is 2. The average molecular weight is 227 g/mol. The maximum absolute atomic E-state index is 12.0. The first-order chi connectivity index (χ1) is 8.16. The number of Topliss-reactive ketones (excluding diaryl/α,β-unsaturated/α-hetero) is 1. The molecular formula is C15H17NO. The van der Waals surface area contributed by atoms with E-state index in [4.69, 9.17) is 0 Å². The van der Waals surface area contributed by atoms with Gasteiger partial charge in [0.15, 0.2) is 5.78 Å². The Balaban J connectivity index is 2.13. The van der Waals surface area contributed by atoms with E-state index < -0.39 is 0 Å². The molecule has 0 saturated carbocycles. The van der Waals surface area contributed by atoms with Gasteiger partial charge in [-0.15, -0.1) is 0 Å². The number of ketones is 1. The lowest BCUT2D eigenvalue weighted by Crippen LogP contribution is -2.15. The van der Waals surface area contributed by atoms with Gasteiger partial charge in [-0.25, -0.2) is 0 Å². The van der Waals surface area contributed by atoms with Crippen molar-refractivity contribution in [3.05, 3.63) is 34.7 Å². The SMILES string of the molecule is CC(C)c1cnc2c(c1)CC(=O)C1=C2CCC1. The van der Waals surface area contributed by atoms with Gasteiger partial charge in [0.1, 0.15) is 0 Å². The fraction of sp³-hybridized carbons (Fsp3) is 0.467. The highest BCUT2D eigenvalue weighted by atomic mass is 16.1. The summed E-state index contributed by atoms with van der Waals surface area (Å²) in [5.74, 6) is 0.801. The van der Waals surface area contributed by atoms with Crippen molar-refractivity contribution in [1.29, 1.82) is 0 Å². The Labute approximate surface area is 102 Å². The van der Waals surface area contributed by atoms with E-state index in [-0.39, 0.29) is 0 Å². The molecule has 88 valence electrons. The Kier molecular flexibility index (Phi) is 2.39. The van der Waals surface area contributed by atoms with Crippen LogP contribution in [0.15, 0.2) is 17.8 Å². The largest absolute Gasteiger partial charge is 0.294 e. The molecule has 0 bridgehead atoms. The number of carbonyl (C=O) groups excluding carboxylic acids is 1. The maximum Gasteiger partial charge on any atom is 0.163 e. The molecule has 0 unspecified atom stereocenters. The number of nitrogens with zero attached hydrogens (tertiary/aromatic N) is 1. The Morgan fingerprint density at radius 3 is 2.76 bits per heavy atom. The highest BCUT2D eigenvalue weighted by molar-refractivity contribution is 6.07. The molecule has 2 aliphatic rings. The van der Waals surface area contributed by atoms with Gasteiger partial charge in [0.2, 0.25) is 0 Å². The van der Waals surface area contributed by atoms with Crippen molar-refractivity contribution in [2.45, 2.75) is 45.4 Å². The van der Waals surface area contributed by atoms with Crippen LogP contribution < -0.4 is 0 Å². The minimum atomic E-state index is 0.327. The van der Waals surface area contributed by atoms with E-state index in [1.54, 1.807) is 0 Å². The van der Waals surface area contributed by atoms with Gasteiger partial charge < -0.3 is 0 Å². The fourth-order valence-corrected chi connectivity index (χ4v) is 2.84. The quantitative estimate of drug-likeness (QED) is 0.737. The summed E-state index contributed by atoms with van der Waals surface area (Å²) in [6.07, 6.45) is 5.64. The van der Waals surface area contributed by atoms with Crippen LogP contribution in [-0.2, 0) is 11.2 Å². The van der Waals surface area contributed by atoms with Gasteiger partial charge in [-0.1, -0.05) is 19.9 Å². The van der Waals surface area contributed by atoms with E-state index in [9.17, 15) is 4.79 Å². The molecule has 2 nitrogen and oxygen atoms in total. The summed E-state index contributed by atoms with van der Waals surface area (Å²) in [4.78, 5) is 16.6. The zero-order chi connectivity index (χ0) is 12.0. The summed E-state index contributed by atoms with van der Waals surface area (Å²) in [6.45, 7) is 4.32. The molecule has 0 aliphatic heterocycles. The molecule has 0 spiro atoms. The van der Waals surface area contributed by atoms with Crippen LogP contribution in [0.3, 0.4) is 0 Å². The summed E-state index contributed by atoms with van der Waals surface area (Å²) in [6, 6.07) is 2.17. The second-order valence-electron chi connectivity index (χ2n) is 5.34. The topological polar surface area (TPSA) is 30.0 Å². The summed E-state index contributed by atoms with van der Waals surface area (Å²) in [5.41, 5.74) is 5.76. The van der Waals surface area contributed by atoms with Crippen molar-refractivity contribution in [1.82, 2.24) is 4.98 Å². The van der Waals surface area contributed by atoms with Crippen LogP contribution in [0.5, 0.6) is 0 Å². The predicted molar refractivity (Wildman–Crippen MR) is 67.8 cm³/mol. The minimum Gasteiger partial charge on any atom is -0.294 e. The minimum absolute atomic E-state index is 0.327. The van der Waals surface area contributed by atoms with Crippen molar-refractivity contribution >= 4 is 11.4 Å². The molecule has 1 heterocycles. The number of hydrogen-bond donors (Lipinski definition) is 0. The van der Waals surface area contributed by atoms with Crippen LogP contribution in [0.25, 0.3) is 5.57 Å². The first-order valence-corrected chi connectivity index (χ1v) is 6.41. The zero-order valence-electron chi connectivity index (χ0n) is 10.4. The summed E-state index contributed by atoms with van der Waals surface area (Å²) >= 11 is 0. The molecular weight excluding hydrogens is 210 g/mol. The van der Waals surface area contributed by atoms with Crippen LogP contribution >= 0.6 is 0 Å². The van der Waals surface area contributed by atoms with Gasteiger partial charge in [-0.3, -0.25) is 9.78 Å². The summed E-state index contributed by atoms with van der Waals surface area (Å²) in [7, 11) is 0. The van der Waals surface area contributed by atoms with Gasteiger partial charge >= 0.3 is 0 Å². The van der Waals surface area contributed by atoms with Crippen LogP contribution in [-0.4, -0.2) is 10.8 Å². The van der Waals surface area contributed by atoms with Crippen LogP contribution in [0.4, 0.5) is 0 Å². The van der Waals surface area contributed by atoms with Crippen molar-refractivity contribution in [2.24, 2.45) is 0 Å². The zero-order valence-corrected chi connectivity index (χ0v) is 10.4. The summed E-state index contributed by atoms with van der Waals surface area (Å²) in [5, 5.41) is 0. The van der Waals surface area contributed by atoms with Crippen molar-refractivity contribution < 1.29 is 4.79 Å². The van der Waals surface area contributed by atoms with E-state index in [1.165, 1.54) is 11.1 Å². The first kappa shape index (κ1) is 10.7. The van der Waals surface area contributed by atoms with Gasteiger partial charge in [-0.05, 0) is 41.9 Å². The number of fused-ring (bicyclic) bond motifs is 2. The third kappa shape index (κ3) is 1.63. The molecule has 0 aromatic carbocycles. The number of aromatic nitrogens is 1. The van der Waals surface area contributed by atoms with E-state index in [0.29, 0.717) is 18.1 Å². The van der Waals surface area contributed by atoms with Crippen molar-refractivity contribution in [3.8, 4) is 0 Å². The van der Waals surface area contributed by atoms with E-state index in [1.807, 2.05) is 6.20 Å². The third-order valence-corrected chi connectivity index (χ3v) is 3.85. The molecule has 0 N–H and O–H groups in total. The number of rotatable bonds is 1. The monoisotopic (exact) mass is 227 g/mol. The van der Waals surface area contributed by atoms with Crippen LogP contribution in [0.1, 0.15) is 55.8 Å². The third-order valence-electron chi connectivity index (χ3n) is 3.85. The molecule has 1 aromatic heterocycles. The van der Waals surface area contributed by atoms with Crippen LogP contribution in [0.2, 0.25) is 0 Å². The highest BCUT2D eigenvalue weighted by Crippen LogP contribution is 2.39. The first-order valence-electron chi connectivity index (χ1n) is 6.41. The molecule has 0 saturated heterocycles. The van der Waals surface area contributed by atoms with Crippen LogP contribution in [0, 0.1) is 0 Å². The maximum atomic E-state index is 12.0. The Morgan fingerprint density at radius 2 is 2.00 bits per heavy atom. The lowest BCUT2D eigenvalue weighted by Gasteiger charge is -2.18. The standard InChI is InChI=1S/C15H17NO/c1-9(2)11-6-10-7-14(17)12-4-3-5-13(12)15(10)16-8-11/h6,8-9H,3-5,7H2,1-2H3. The second-order valence-corrected chi connectivity index (χ2v) is 5.34. The Hall–Kier alpha value is -1.44. The summed E-state index contributed by atoms with van der Waals surface area (Å²) < 4.78 is 0.